The van der Waals surface area contributed by atoms with Crippen LogP contribution in [0.5, 0.6) is 0 Å². The average Bonchev–Trinajstić information content (AvgIpc) is 2.02. The smallest absolute Gasteiger partial charge is 0.242 e. The van der Waals surface area contributed by atoms with E-state index < -0.39 is 5.54 Å². The minimum Gasteiger partial charge on any atom is -0.337 e. The van der Waals surface area contributed by atoms with Crippen LogP contribution in [0.15, 0.2) is 0 Å². The number of amides is 1. The van der Waals surface area contributed by atoms with Crippen LogP contribution in [-0.2, 0) is 4.79 Å². The van der Waals surface area contributed by atoms with Crippen molar-refractivity contribution in [3.05, 3.63) is 0 Å². The van der Waals surface area contributed by atoms with Crippen LogP contribution in [0.1, 0.15) is 20.8 Å². The molecule has 0 saturated carbocycles. The molecule has 1 rings (SSSR count). The van der Waals surface area contributed by atoms with Gasteiger partial charge >= 0.3 is 0 Å². The maximum atomic E-state index is 11.8. The lowest BCUT2D eigenvalue weighted by Gasteiger charge is -2.37. The van der Waals surface area contributed by atoms with Crippen LogP contribution in [0.25, 0.3) is 0 Å². The molecule has 1 aliphatic rings. The predicted molar refractivity (Wildman–Crippen MR) is 56.8 cm³/mol. The Labute approximate surface area is 84.0 Å². The second-order valence-electron chi connectivity index (χ2n) is 4.14. The number of hydrogen-bond acceptors (Lipinski definition) is 3. The molecule has 4 heteroatoms. The summed E-state index contributed by atoms with van der Waals surface area (Å²) in [5.41, 5.74) is 5.05. The fourth-order valence-corrected chi connectivity index (χ4v) is 2.41. The van der Waals surface area contributed by atoms with Gasteiger partial charge < -0.3 is 10.6 Å². The summed E-state index contributed by atoms with van der Waals surface area (Å²) in [5.74, 6) is 2.13. The van der Waals surface area contributed by atoms with Crippen molar-refractivity contribution in [3.8, 4) is 0 Å². The highest BCUT2D eigenvalue weighted by Crippen LogP contribution is 2.18. The van der Waals surface area contributed by atoms with Crippen molar-refractivity contribution in [3.63, 3.8) is 0 Å². The Balaban J connectivity index is 2.64. The molecule has 0 aromatic heterocycles. The minimum absolute atomic E-state index is 0.0697. The Morgan fingerprint density at radius 2 is 2.23 bits per heavy atom. The third kappa shape index (κ3) is 2.61. The molecule has 0 aliphatic carbocycles. The fraction of sp³-hybridized carbons (Fsp3) is 0.889. The molecule has 2 N–H and O–H groups in total. The standard InChI is InChI=1S/C9H18N2OS/c1-7-6-13-5-4-11(7)8(12)9(2,3)10/h7H,4-6,10H2,1-3H3. The van der Waals surface area contributed by atoms with Gasteiger partial charge in [0.15, 0.2) is 0 Å². The van der Waals surface area contributed by atoms with E-state index in [1.165, 1.54) is 0 Å². The molecule has 1 atom stereocenters. The van der Waals surface area contributed by atoms with Gasteiger partial charge in [0.25, 0.3) is 0 Å². The molecule has 0 radical (unpaired) electrons. The van der Waals surface area contributed by atoms with E-state index in [2.05, 4.69) is 6.92 Å². The zero-order valence-electron chi connectivity index (χ0n) is 8.54. The second kappa shape index (κ2) is 3.88. The fourth-order valence-electron chi connectivity index (χ4n) is 1.40. The summed E-state index contributed by atoms with van der Waals surface area (Å²) in [4.78, 5) is 13.7. The average molecular weight is 202 g/mol. The molecule has 0 aromatic carbocycles. The highest BCUT2D eigenvalue weighted by molar-refractivity contribution is 7.99. The summed E-state index contributed by atoms with van der Waals surface area (Å²) in [6.07, 6.45) is 0. The van der Waals surface area contributed by atoms with Crippen molar-refractivity contribution in [2.24, 2.45) is 5.73 Å². The summed E-state index contributed by atoms with van der Waals surface area (Å²) < 4.78 is 0. The molecular formula is C9H18N2OS. The van der Waals surface area contributed by atoms with E-state index >= 15 is 0 Å². The SMILES string of the molecule is CC1CSCCN1C(=O)C(C)(C)N. The predicted octanol–water partition coefficient (Wildman–Crippen LogP) is 0.688. The molecule has 1 unspecified atom stereocenters. The molecule has 1 fully saturated rings. The second-order valence-corrected chi connectivity index (χ2v) is 5.29. The highest BCUT2D eigenvalue weighted by Gasteiger charge is 2.31. The first-order valence-electron chi connectivity index (χ1n) is 4.60. The summed E-state index contributed by atoms with van der Waals surface area (Å²) in [6.45, 7) is 6.45. The lowest BCUT2D eigenvalue weighted by atomic mass is 10.0. The van der Waals surface area contributed by atoms with E-state index in [1.807, 2.05) is 16.7 Å². The van der Waals surface area contributed by atoms with Crippen LogP contribution in [0.3, 0.4) is 0 Å². The van der Waals surface area contributed by atoms with Gasteiger partial charge in [-0.3, -0.25) is 4.79 Å². The van der Waals surface area contributed by atoms with Crippen molar-refractivity contribution in [1.29, 1.82) is 0 Å². The summed E-state index contributed by atoms with van der Waals surface area (Å²) in [7, 11) is 0. The Kier molecular flexibility index (Phi) is 3.24. The Morgan fingerprint density at radius 3 is 2.69 bits per heavy atom. The van der Waals surface area contributed by atoms with Crippen molar-refractivity contribution in [1.82, 2.24) is 4.90 Å². The number of rotatable bonds is 1. The van der Waals surface area contributed by atoms with Gasteiger partial charge in [-0.15, -0.1) is 0 Å². The molecule has 1 heterocycles. The quantitative estimate of drug-likeness (QED) is 0.680. The first-order valence-corrected chi connectivity index (χ1v) is 5.76. The summed E-state index contributed by atoms with van der Waals surface area (Å²) >= 11 is 1.90. The molecule has 76 valence electrons. The van der Waals surface area contributed by atoms with Crippen LogP contribution in [0, 0.1) is 0 Å². The van der Waals surface area contributed by atoms with Gasteiger partial charge in [-0.25, -0.2) is 0 Å². The molecule has 3 nitrogen and oxygen atoms in total. The van der Waals surface area contributed by atoms with Gasteiger partial charge in [0, 0.05) is 24.1 Å². The molecular weight excluding hydrogens is 184 g/mol. The Bertz CT molecular complexity index is 200. The van der Waals surface area contributed by atoms with Gasteiger partial charge in [-0.1, -0.05) is 0 Å². The monoisotopic (exact) mass is 202 g/mol. The van der Waals surface area contributed by atoms with Gasteiger partial charge in [0.2, 0.25) is 5.91 Å². The molecule has 0 aromatic rings. The zero-order valence-corrected chi connectivity index (χ0v) is 9.36. The lowest BCUT2D eigenvalue weighted by molar-refractivity contribution is -0.137. The number of thioether (sulfide) groups is 1. The summed E-state index contributed by atoms with van der Waals surface area (Å²) in [5, 5.41) is 0. The van der Waals surface area contributed by atoms with Crippen LogP contribution in [0.2, 0.25) is 0 Å². The van der Waals surface area contributed by atoms with Crippen molar-refractivity contribution < 1.29 is 4.79 Å². The van der Waals surface area contributed by atoms with E-state index in [9.17, 15) is 4.79 Å². The molecule has 0 bridgehead atoms. The van der Waals surface area contributed by atoms with Gasteiger partial charge in [0.05, 0.1) is 5.54 Å². The topological polar surface area (TPSA) is 46.3 Å². The molecule has 1 saturated heterocycles. The normalized spacial score (nSPS) is 24.6. The number of hydrogen-bond donors (Lipinski definition) is 1. The van der Waals surface area contributed by atoms with E-state index in [0.717, 1.165) is 18.1 Å². The highest BCUT2D eigenvalue weighted by atomic mass is 32.2. The largest absolute Gasteiger partial charge is 0.337 e. The van der Waals surface area contributed by atoms with Crippen LogP contribution < -0.4 is 5.73 Å². The van der Waals surface area contributed by atoms with Crippen molar-refractivity contribution in [2.75, 3.05) is 18.1 Å². The van der Waals surface area contributed by atoms with Crippen molar-refractivity contribution in [2.45, 2.75) is 32.4 Å². The van der Waals surface area contributed by atoms with Gasteiger partial charge in [0.1, 0.15) is 0 Å². The third-order valence-electron chi connectivity index (χ3n) is 2.18. The van der Waals surface area contributed by atoms with Crippen LogP contribution in [0.4, 0.5) is 0 Å². The Hall–Kier alpha value is -0.220. The Morgan fingerprint density at radius 1 is 1.62 bits per heavy atom. The number of nitrogens with two attached hydrogens (primary N) is 1. The molecule has 13 heavy (non-hydrogen) atoms. The first-order chi connectivity index (χ1) is 5.93. The summed E-state index contributed by atoms with van der Waals surface area (Å²) in [6, 6.07) is 0.328. The lowest BCUT2D eigenvalue weighted by Crippen LogP contribution is -2.56. The first kappa shape index (κ1) is 10.9. The maximum Gasteiger partial charge on any atom is 0.242 e. The van der Waals surface area contributed by atoms with E-state index in [0.29, 0.717) is 6.04 Å². The van der Waals surface area contributed by atoms with Crippen LogP contribution >= 0.6 is 11.8 Å². The molecule has 1 amide bonds. The zero-order chi connectivity index (χ0) is 10.1. The van der Waals surface area contributed by atoms with Crippen molar-refractivity contribution >= 4 is 17.7 Å². The molecule has 1 aliphatic heterocycles. The third-order valence-corrected chi connectivity index (χ3v) is 3.37. The van der Waals surface area contributed by atoms with E-state index in [-0.39, 0.29) is 5.91 Å². The van der Waals surface area contributed by atoms with Gasteiger partial charge in [-0.05, 0) is 20.8 Å². The van der Waals surface area contributed by atoms with E-state index in [1.54, 1.807) is 13.8 Å². The van der Waals surface area contributed by atoms with E-state index in [4.69, 9.17) is 5.73 Å². The number of carbonyl (C=O) groups is 1. The number of nitrogens with zero attached hydrogens (tertiary/aromatic N) is 1. The number of carbonyl (C=O) groups excluding carboxylic acids is 1. The maximum absolute atomic E-state index is 11.8. The van der Waals surface area contributed by atoms with Crippen LogP contribution in [-0.4, -0.2) is 40.4 Å². The molecule has 0 spiro atoms. The minimum atomic E-state index is -0.726. The van der Waals surface area contributed by atoms with Gasteiger partial charge in [-0.2, -0.15) is 11.8 Å².